The fourth-order valence-electron chi connectivity index (χ4n) is 0.713. The molecule has 8 heteroatoms. The van der Waals surface area contributed by atoms with E-state index in [9.17, 15) is 21.6 Å². The number of carbonyl (C=O) groups is 1. The highest BCUT2D eigenvalue weighted by molar-refractivity contribution is 8.04. The molecule has 0 N–H and O–H groups in total. The molecule has 0 atom stereocenters. The third-order valence-electron chi connectivity index (χ3n) is 0.860. The van der Waals surface area contributed by atoms with Gasteiger partial charge in [0, 0.05) is 6.92 Å². The van der Waals surface area contributed by atoms with E-state index in [1.54, 1.807) is 0 Å². The van der Waals surface area contributed by atoms with Crippen LogP contribution >= 0.6 is 0 Å². The number of hydrogen-bond acceptors (Lipinski definition) is 5. The van der Waals surface area contributed by atoms with E-state index in [1.807, 2.05) is 0 Å². The fraction of sp³-hybridized carbons (Fsp3) is 0.750. The first kappa shape index (κ1) is 11.4. The van der Waals surface area contributed by atoms with Crippen molar-refractivity contribution in [1.29, 1.82) is 0 Å². The molecule has 1 amide bonds. The third kappa shape index (κ3) is 2.78. The van der Waals surface area contributed by atoms with Crippen LogP contribution in [0.2, 0.25) is 0 Å². The lowest BCUT2D eigenvalue weighted by molar-refractivity contribution is -0.121. The van der Waals surface area contributed by atoms with E-state index in [4.69, 9.17) is 0 Å². The smallest absolute Gasteiger partial charge is 0.247 e. The molecule has 0 aromatic heterocycles. The molecule has 0 aliphatic rings. The molecule has 0 radical (unpaired) electrons. The minimum absolute atomic E-state index is 0.153. The summed E-state index contributed by atoms with van der Waals surface area (Å²) in [5.74, 6) is -1.04. The summed E-state index contributed by atoms with van der Waals surface area (Å²) in [6.07, 6.45) is 1.30. The van der Waals surface area contributed by atoms with Gasteiger partial charge < -0.3 is 0 Å². The molecule has 0 saturated heterocycles. The van der Waals surface area contributed by atoms with Crippen LogP contribution in [0, 0.1) is 0 Å². The van der Waals surface area contributed by atoms with Gasteiger partial charge in [-0.3, -0.25) is 4.79 Å². The van der Waals surface area contributed by atoms with Crippen LogP contribution < -0.4 is 0 Å². The van der Waals surface area contributed by atoms with Crippen molar-refractivity contribution < 1.29 is 21.6 Å². The molecule has 6 nitrogen and oxygen atoms in total. The Kier molecular flexibility index (Phi) is 2.86. The summed E-state index contributed by atoms with van der Waals surface area (Å²) < 4.78 is 42.8. The van der Waals surface area contributed by atoms with Crippen molar-refractivity contribution in [3.8, 4) is 0 Å². The average Bonchev–Trinajstić information content (AvgIpc) is 1.49. The van der Waals surface area contributed by atoms with Gasteiger partial charge in [0.2, 0.25) is 26.0 Å². The number of sulfonamides is 2. The number of nitrogens with zero attached hydrogens (tertiary/aromatic N) is 1. The first-order valence-corrected chi connectivity index (χ1v) is 6.47. The Balaban J connectivity index is 5.42. The van der Waals surface area contributed by atoms with Gasteiger partial charge in [0.25, 0.3) is 0 Å². The minimum atomic E-state index is -4.03. The monoisotopic (exact) mass is 215 g/mol. The van der Waals surface area contributed by atoms with Crippen molar-refractivity contribution in [1.82, 2.24) is 3.71 Å². The van der Waals surface area contributed by atoms with Crippen molar-refractivity contribution in [2.24, 2.45) is 0 Å². The van der Waals surface area contributed by atoms with Gasteiger partial charge in [0.05, 0.1) is 12.5 Å². The minimum Gasteiger partial charge on any atom is -0.273 e. The molecule has 0 bridgehead atoms. The van der Waals surface area contributed by atoms with Gasteiger partial charge in [-0.15, -0.1) is 3.71 Å². The highest BCUT2D eigenvalue weighted by Crippen LogP contribution is 2.04. The van der Waals surface area contributed by atoms with Gasteiger partial charge in [-0.1, -0.05) is 0 Å². The summed E-state index contributed by atoms with van der Waals surface area (Å²) in [4.78, 5) is 10.6. The van der Waals surface area contributed by atoms with E-state index >= 15 is 0 Å². The van der Waals surface area contributed by atoms with Crippen LogP contribution in [0.1, 0.15) is 6.92 Å². The van der Waals surface area contributed by atoms with Crippen molar-refractivity contribution in [3.63, 3.8) is 0 Å². The van der Waals surface area contributed by atoms with Crippen molar-refractivity contribution in [2.75, 3.05) is 12.5 Å². The molecule has 0 aliphatic carbocycles. The summed E-state index contributed by atoms with van der Waals surface area (Å²) in [7, 11) is -8.05. The second kappa shape index (κ2) is 3.02. The standard InChI is InChI=1S/C4H9NO5S2/c1-4(6)5(11(2,7)8)12(3,9)10/h1-3H3. The predicted molar refractivity (Wildman–Crippen MR) is 42.2 cm³/mol. The van der Waals surface area contributed by atoms with Crippen LogP contribution in [-0.4, -0.2) is 39.0 Å². The molecule has 72 valence electrons. The molecule has 12 heavy (non-hydrogen) atoms. The van der Waals surface area contributed by atoms with Crippen molar-refractivity contribution in [2.45, 2.75) is 6.92 Å². The quantitative estimate of drug-likeness (QED) is 0.574. The normalized spacial score (nSPS) is 12.6. The zero-order valence-electron chi connectivity index (χ0n) is 6.80. The topological polar surface area (TPSA) is 88.6 Å². The van der Waals surface area contributed by atoms with E-state index in [0.717, 1.165) is 6.92 Å². The number of carbonyl (C=O) groups excluding carboxylic acids is 1. The first-order valence-electron chi connectivity index (χ1n) is 2.78. The highest BCUT2D eigenvalue weighted by Gasteiger charge is 2.29. The summed E-state index contributed by atoms with van der Waals surface area (Å²) in [6.45, 7) is 0.863. The molecule has 0 aromatic rings. The second-order valence-corrected chi connectivity index (χ2v) is 6.14. The molecule has 0 rings (SSSR count). The Bertz CT molecular complexity index is 346. The maximum atomic E-state index is 10.7. The van der Waals surface area contributed by atoms with Crippen LogP contribution in [0.25, 0.3) is 0 Å². The van der Waals surface area contributed by atoms with E-state index in [-0.39, 0.29) is 3.71 Å². The number of rotatable bonds is 2. The molecule has 0 fully saturated rings. The van der Waals surface area contributed by atoms with Crippen LogP contribution in [0.4, 0.5) is 0 Å². The molecule has 0 aromatic carbocycles. The largest absolute Gasteiger partial charge is 0.273 e. The fourth-order valence-corrected chi connectivity index (χ4v) is 3.61. The Morgan fingerprint density at radius 1 is 1.00 bits per heavy atom. The molecule has 0 saturated carbocycles. The van der Waals surface area contributed by atoms with Crippen LogP contribution in [0.5, 0.6) is 0 Å². The predicted octanol–water partition coefficient (Wildman–Crippen LogP) is -1.25. The maximum absolute atomic E-state index is 10.7. The third-order valence-corrected chi connectivity index (χ3v) is 4.20. The summed E-state index contributed by atoms with van der Waals surface area (Å²) in [6, 6.07) is 0. The Morgan fingerprint density at radius 2 is 1.25 bits per heavy atom. The number of hydrogen-bond donors (Lipinski definition) is 0. The van der Waals surface area contributed by atoms with Gasteiger partial charge in [-0.25, -0.2) is 16.8 Å². The van der Waals surface area contributed by atoms with E-state index < -0.39 is 26.0 Å². The molecule has 0 unspecified atom stereocenters. The lowest BCUT2D eigenvalue weighted by atomic mass is 10.8. The van der Waals surface area contributed by atoms with Gasteiger partial charge in [0.1, 0.15) is 0 Å². The van der Waals surface area contributed by atoms with E-state index in [2.05, 4.69) is 0 Å². The summed E-state index contributed by atoms with van der Waals surface area (Å²) in [5, 5.41) is 0. The van der Waals surface area contributed by atoms with Crippen LogP contribution in [0.15, 0.2) is 0 Å². The van der Waals surface area contributed by atoms with Gasteiger partial charge in [-0.2, -0.15) is 0 Å². The van der Waals surface area contributed by atoms with E-state index in [1.165, 1.54) is 0 Å². The Morgan fingerprint density at radius 3 is 1.25 bits per heavy atom. The van der Waals surface area contributed by atoms with Crippen LogP contribution in [0.3, 0.4) is 0 Å². The summed E-state index contributed by atoms with van der Waals surface area (Å²) >= 11 is 0. The zero-order valence-corrected chi connectivity index (χ0v) is 8.44. The van der Waals surface area contributed by atoms with Gasteiger partial charge >= 0.3 is 0 Å². The molecule has 0 aliphatic heterocycles. The van der Waals surface area contributed by atoms with Crippen molar-refractivity contribution >= 4 is 26.0 Å². The number of amides is 1. The second-order valence-electron chi connectivity index (χ2n) is 2.24. The van der Waals surface area contributed by atoms with Crippen molar-refractivity contribution in [3.05, 3.63) is 0 Å². The summed E-state index contributed by atoms with van der Waals surface area (Å²) in [5.41, 5.74) is 0. The molecular weight excluding hydrogens is 206 g/mol. The van der Waals surface area contributed by atoms with Gasteiger partial charge in [-0.05, 0) is 0 Å². The molecular formula is C4H9NO5S2. The Hall–Kier alpha value is -0.630. The highest BCUT2D eigenvalue weighted by atomic mass is 32.3. The zero-order chi connectivity index (χ0) is 10.2. The molecule has 0 heterocycles. The average molecular weight is 215 g/mol. The lowest BCUT2D eigenvalue weighted by Gasteiger charge is -2.14. The van der Waals surface area contributed by atoms with Crippen LogP contribution in [-0.2, 0) is 24.8 Å². The molecule has 0 spiro atoms. The Labute approximate surface area is 71.3 Å². The maximum Gasteiger partial charge on any atom is 0.247 e. The van der Waals surface area contributed by atoms with Gasteiger partial charge in [0.15, 0.2) is 0 Å². The lowest BCUT2D eigenvalue weighted by Crippen LogP contribution is -2.38. The SMILES string of the molecule is CC(=O)N(S(C)(=O)=O)S(C)(=O)=O. The first-order chi connectivity index (χ1) is 5.07. The van der Waals surface area contributed by atoms with E-state index in [0.29, 0.717) is 12.5 Å².